The molecule has 6 bridgehead atoms. The lowest BCUT2D eigenvalue weighted by Gasteiger charge is -2.51. The van der Waals surface area contributed by atoms with Gasteiger partial charge in [0.25, 0.3) is 0 Å². The van der Waals surface area contributed by atoms with E-state index in [2.05, 4.69) is 0 Å². The number of hydrogen-bond acceptors (Lipinski definition) is 25. The molecule has 7 heterocycles. The van der Waals surface area contributed by atoms with Crippen molar-refractivity contribution in [3.8, 4) is 0 Å². The van der Waals surface area contributed by atoms with Crippen LogP contribution in [0.2, 0.25) is 0 Å². The molecule has 79 heavy (non-hydrogen) atoms. The van der Waals surface area contributed by atoms with Crippen LogP contribution in [0.15, 0.2) is 11.6 Å². The van der Waals surface area contributed by atoms with E-state index in [0.29, 0.717) is 25.7 Å². The lowest BCUT2D eigenvalue weighted by Crippen LogP contribution is -2.68. The minimum atomic E-state index is -1.91. The predicted molar refractivity (Wildman–Crippen MR) is 270 cm³/mol. The van der Waals surface area contributed by atoms with Gasteiger partial charge in [0.1, 0.15) is 73.2 Å². The van der Waals surface area contributed by atoms with Crippen LogP contribution in [0.5, 0.6) is 0 Å². The van der Waals surface area contributed by atoms with Crippen molar-refractivity contribution in [1.29, 1.82) is 0 Å². The maximum atomic E-state index is 13.7. The molecule has 0 radical (unpaired) electrons. The molecule has 0 aromatic heterocycles. The summed E-state index contributed by atoms with van der Waals surface area (Å²) >= 11 is 0. The topological polar surface area (TPSA) is 353 Å². The maximum absolute atomic E-state index is 13.7. The molecule has 0 spiro atoms. The number of carbonyl (C=O) groups excluding carboxylic acids is 3. The first-order valence-electron chi connectivity index (χ1n) is 28.3. The zero-order valence-corrected chi connectivity index (χ0v) is 47.1. The molecule has 456 valence electrons. The summed E-state index contributed by atoms with van der Waals surface area (Å²) in [7, 11) is 0. The highest BCUT2D eigenvalue weighted by molar-refractivity contribution is 5.87. The van der Waals surface area contributed by atoms with Gasteiger partial charge in [-0.25, -0.2) is 4.79 Å². The smallest absolute Gasteiger partial charge is 0.333 e. The Kier molecular flexibility index (Phi) is 24.7. The molecular weight excluding hydrogens is 1050 g/mol. The van der Waals surface area contributed by atoms with Crippen LogP contribution in [0.1, 0.15) is 140 Å². The number of hydrogen-bond donors (Lipinski definition) is 9. The summed E-state index contributed by atoms with van der Waals surface area (Å²) in [6, 6.07) is 0. The highest BCUT2D eigenvalue weighted by Crippen LogP contribution is 2.39. The molecule has 25 nitrogen and oxygen atoms in total. The largest absolute Gasteiger partial charge is 0.456 e. The molecule has 0 aliphatic carbocycles. The quantitative estimate of drug-likeness (QED) is 0.0865. The fourth-order valence-electron chi connectivity index (χ4n) is 10.5. The van der Waals surface area contributed by atoms with Crippen molar-refractivity contribution in [3.63, 3.8) is 0 Å². The first-order chi connectivity index (χ1) is 37.4. The standard InChI is InChI=1S/C54H90O25/c1-11-20-31-21-18-16-14-13-15-17-19-22-32(56)73-42-35(59)28(8)67-50(40(42)64)77-43-36(60)29(9)70-54(47(43)79-52-44(37(61)33(57)27(7)69-52)75-49(66)24(4)25(5)55)76-41-30(10)71-53(46(39(41)63)74-48(65)23(3)12-2)78-45-38(62)34(58)26(6)68-51(45)72-31/h12,24-31,33-47,50-55,57-64H,11,13-22H2,1-10H3/b23-12+/t24-,25-,26-,27+,28+,29-,30+,31+,33+,34-,35+,36-,37-,38+,39-,40-,41+,42-,43+,44-,45-,46-,47-,50+,51+,52+,53+,54+/m1/s1. The molecule has 9 N–H and O–H groups in total. The number of aliphatic hydroxyl groups excluding tert-OH is 9. The molecule has 7 rings (SSSR count). The Bertz CT molecular complexity index is 1940. The molecule has 0 amide bonds. The van der Waals surface area contributed by atoms with Gasteiger partial charge in [0.2, 0.25) is 0 Å². The van der Waals surface area contributed by atoms with Crippen molar-refractivity contribution < 1.29 is 122 Å². The minimum absolute atomic E-state index is 0.0247. The predicted octanol–water partition coefficient (Wildman–Crippen LogP) is 0.567. The number of rotatable bonds is 9. The normalized spacial score (nSPS) is 45.6. The molecule has 0 saturated carbocycles. The molecule has 7 aliphatic heterocycles. The van der Waals surface area contributed by atoms with E-state index in [9.17, 15) is 60.3 Å². The van der Waals surface area contributed by atoms with E-state index >= 15 is 0 Å². The fourth-order valence-corrected chi connectivity index (χ4v) is 10.5. The summed E-state index contributed by atoms with van der Waals surface area (Å²) in [4.78, 5) is 40.4. The van der Waals surface area contributed by atoms with E-state index in [1.165, 1.54) is 54.5 Å². The molecule has 7 aliphatic rings. The van der Waals surface area contributed by atoms with Crippen LogP contribution in [0.25, 0.3) is 0 Å². The second-order valence-corrected chi connectivity index (χ2v) is 22.2. The van der Waals surface area contributed by atoms with Crippen molar-refractivity contribution >= 4 is 17.9 Å². The van der Waals surface area contributed by atoms with Gasteiger partial charge in [-0.3, -0.25) is 9.59 Å². The minimum Gasteiger partial charge on any atom is -0.456 e. The number of carbonyl (C=O) groups is 3. The highest BCUT2D eigenvalue weighted by Gasteiger charge is 2.58. The Labute approximate surface area is 461 Å². The van der Waals surface area contributed by atoms with Gasteiger partial charge >= 0.3 is 17.9 Å². The third-order valence-electron chi connectivity index (χ3n) is 16.0. The van der Waals surface area contributed by atoms with E-state index in [0.717, 1.165) is 38.5 Å². The summed E-state index contributed by atoms with van der Waals surface area (Å²) in [5.74, 6) is -3.78. The van der Waals surface area contributed by atoms with Gasteiger partial charge in [0, 0.05) is 12.0 Å². The second kappa shape index (κ2) is 29.8. The van der Waals surface area contributed by atoms with Crippen molar-refractivity contribution in [3.05, 3.63) is 11.6 Å². The van der Waals surface area contributed by atoms with Crippen molar-refractivity contribution in [2.45, 2.75) is 306 Å². The summed E-state index contributed by atoms with van der Waals surface area (Å²) in [6.07, 6.45) is -32.6. The van der Waals surface area contributed by atoms with E-state index in [4.69, 9.17) is 61.6 Å². The van der Waals surface area contributed by atoms with Crippen LogP contribution >= 0.6 is 0 Å². The first kappa shape index (κ1) is 65.5. The van der Waals surface area contributed by atoms with Crippen LogP contribution in [-0.4, -0.2) is 230 Å². The van der Waals surface area contributed by atoms with Gasteiger partial charge < -0.3 is 108 Å². The Morgan fingerprint density at radius 3 is 1.73 bits per heavy atom. The van der Waals surface area contributed by atoms with Crippen LogP contribution in [0.3, 0.4) is 0 Å². The molecule has 0 aromatic carbocycles. The highest BCUT2D eigenvalue weighted by atomic mass is 16.8. The Hall–Kier alpha value is -2.61. The molecule has 25 heteroatoms. The van der Waals surface area contributed by atoms with Gasteiger partial charge in [-0.05, 0) is 81.6 Å². The van der Waals surface area contributed by atoms with E-state index in [-0.39, 0.29) is 18.1 Å². The van der Waals surface area contributed by atoms with Gasteiger partial charge in [0.05, 0.1) is 48.6 Å². The molecular formula is C54H90O25. The number of fused-ring (bicyclic) bond motifs is 14. The van der Waals surface area contributed by atoms with Gasteiger partial charge in [0.15, 0.2) is 49.8 Å². The summed E-state index contributed by atoms with van der Waals surface area (Å²) in [5, 5.41) is 103. The summed E-state index contributed by atoms with van der Waals surface area (Å²) in [5.41, 5.74) is 0.123. The van der Waals surface area contributed by atoms with Crippen molar-refractivity contribution in [2.24, 2.45) is 5.92 Å². The van der Waals surface area contributed by atoms with Crippen LogP contribution < -0.4 is 0 Å². The van der Waals surface area contributed by atoms with Crippen molar-refractivity contribution in [1.82, 2.24) is 0 Å². The molecule has 7 fully saturated rings. The average molecular weight is 1140 g/mol. The van der Waals surface area contributed by atoms with Crippen molar-refractivity contribution in [2.75, 3.05) is 0 Å². The van der Waals surface area contributed by atoms with Crippen LogP contribution in [-0.2, 0) is 76.0 Å². The zero-order chi connectivity index (χ0) is 58.2. The summed E-state index contributed by atoms with van der Waals surface area (Å²) in [6.45, 7) is 15.1. The monoisotopic (exact) mass is 1140 g/mol. The van der Waals surface area contributed by atoms with E-state index in [1.54, 1.807) is 13.8 Å². The number of aliphatic hydroxyl groups is 9. The number of ether oxygens (including phenoxy) is 13. The second-order valence-electron chi connectivity index (χ2n) is 22.2. The molecule has 7 saturated heterocycles. The van der Waals surface area contributed by atoms with E-state index in [1.807, 2.05) is 6.92 Å². The SMILES string of the molecule is C/C=C(\C)C(=O)O[C@H]1[C@@H]2O[C@H]3[C@H](O[C@@H](CCC)CCCCCCCCCC(=O)O[C@@H]4[C@@H](O)[C@H](C)O[C@@H](O[C@H]5[C@H](O)[C@@H](C)O[C@@H](O[C@H]([C@H]1O)[C@H](C)O2)[C@@H]5O[C@@H]1O[C@@H](C)[C@H](O)[C@@H](O)[C@H]1OC(=O)[C@H](C)[C@@H](C)O)[C@@H]4O)O[C@H](C)[C@@H](O)[C@@H]3O. The van der Waals surface area contributed by atoms with E-state index < -0.39 is 183 Å². The van der Waals surface area contributed by atoms with Gasteiger partial charge in [-0.15, -0.1) is 0 Å². The average Bonchev–Trinajstić information content (AvgIpc) is 3.41. The Morgan fingerprint density at radius 2 is 1.09 bits per heavy atom. The zero-order valence-electron chi connectivity index (χ0n) is 47.1. The first-order valence-corrected chi connectivity index (χ1v) is 28.3. The Balaban J connectivity index is 1.42. The Morgan fingerprint density at radius 1 is 0.557 bits per heavy atom. The third kappa shape index (κ3) is 16.2. The fraction of sp³-hybridized carbons (Fsp3) is 0.907. The number of esters is 3. The molecule has 0 unspecified atom stereocenters. The lowest BCUT2D eigenvalue weighted by molar-refractivity contribution is -0.405. The maximum Gasteiger partial charge on any atom is 0.333 e. The molecule has 28 atom stereocenters. The lowest BCUT2D eigenvalue weighted by atomic mass is 9.95. The summed E-state index contributed by atoms with van der Waals surface area (Å²) < 4.78 is 80.6. The third-order valence-corrected chi connectivity index (χ3v) is 16.0. The molecule has 0 aromatic rings. The van der Waals surface area contributed by atoms with Crippen LogP contribution in [0.4, 0.5) is 0 Å². The number of allylic oxidation sites excluding steroid dienone is 1. The van der Waals surface area contributed by atoms with Gasteiger partial charge in [-0.1, -0.05) is 57.9 Å². The van der Waals surface area contributed by atoms with Crippen LogP contribution in [0, 0.1) is 5.92 Å². The van der Waals surface area contributed by atoms with Gasteiger partial charge in [-0.2, -0.15) is 0 Å².